The van der Waals surface area contributed by atoms with Crippen molar-refractivity contribution in [3.63, 3.8) is 0 Å². The van der Waals surface area contributed by atoms with E-state index in [2.05, 4.69) is 0 Å². The molecule has 0 fully saturated rings. The van der Waals surface area contributed by atoms with Gasteiger partial charge in [0.2, 0.25) is 10.0 Å². The standard InChI is InChI=1S/C14H23NO3S2/c1-5-13(10-19-4)15(3)20(17,18)14-8-6-12(7-9-14)11(2)16/h6-9,11,13,16H,5,10H2,1-4H3. The molecular weight excluding hydrogens is 294 g/mol. The molecule has 2 atom stereocenters. The van der Waals surface area contributed by atoms with Crippen LogP contribution in [-0.4, -0.2) is 42.9 Å². The van der Waals surface area contributed by atoms with Crippen molar-refractivity contribution in [1.82, 2.24) is 4.31 Å². The van der Waals surface area contributed by atoms with Crippen LogP contribution in [0.3, 0.4) is 0 Å². The van der Waals surface area contributed by atoms with Gasteiger partial charge in [0.1, 0.15) is 0 Å². The maximum atomic E-state index is 12.5. The van der Waals surface area contributed by atoms with E-state index in [9.17, 15) is 13.5 Å². The fraction of sp³-hybridized carbons (Fsp3) is 0.571. The number of nitrogens with zero attached hydrogens (tertiary/aromatic N) is 1. The molecular formula is C14H23NO3S2. The number of thioether (sulfide) groups is 1. The third kappa shape index (κ3) is 3.97. The molecule has 0 spiro atoms. The molecule has 20 heavy (non-hydrogen) atoms. The van der Waals surface area contributed by atoms with E-state index >= 15 is 0 Å². The lowest BCUT2D eigenvalue weighted by Gasteiger charge is -2.26. The minimum absolute atomic E-state index is 0.00792. The predicted molar refractivity (Wildman–Crippen MR) is 84.5 cm³/mol. The van der Waals surface area contributed by atoms with Crippen molar-refractivity contribution >= 4 is 21.8 Å². The summed E-state index contributed by atoms with van der Waals surface area (Å²) in [6.45, 7) is 3.64. The average molecular weight is 317 g/mol. The van der Waals surface area contributed by atoms with Crippen LogP contribution >= 0.6 is 11.8 Å². The van der Waals surface area contributed by atoms with Gasteiger partial charge in [-0.2, -0.15) is 16.1 Å². The molecule has 114 valence electrons. The minimum atomic E-state index is -3.48. The first-order valence-corrected chi connectivity index (χ1v) is 9.43. The molecule has 0 bridgehead atoms. The second-order valence-electron chi connectivity index (χ2n) is 4.78. The Labute approximate surface area is 126 Å². The summed E-state index contributed by atoms with van der Waals surface area (Å²) < 4.78 is 26.5. The van der Waals surface area contributed by atoms with Gasteiger partial charge >= 0.3 is 0 Å². The summed E-state index contributed by atoms with van der Waals surface area (Å²) in [5.41, 5.74) is 0.711. The fourth-order valence-electron chi connectivity index (χ4n) is 1.95. The Morgan fingerprint density at radius 3 is 2.25 bits per heavy atom. The van der Waals surface area contributed by atoms with Crippen LogP contribution in [0.2, 0.25) is 0 Å². The highest BCUT2D eigenvalue weighted by molar-refractivity contribution is 7.98. The van der Waals surface area contributed by atoms with Gasteiger partial charge < -0.3 is 5.11 Å². The van der Waals surface area contributed by atoms with Gasteiger partial charge in [0.05, 0.1) is 11.0 Å². The third-order valence-electron chi connectivity index (χ3n) is 3.38. The van der Waals surface area contributed by atoms with Gasteiger partial charge in [-0.3, -0.25) is 0 Å². The quantitative estimate of drug-likeness (QED) is 0.839. The molecule has 1 rings (SSSR count). The molecule has 2 unspecified atom stereocenters. The summed E-state index contributed by atoms with van der Waals surface area (Å²) in [4.78, 5) is 0.268. The van der Waals surface area contributed by atoms with Crippen LogP contribution in [-0.2, 0) is 10.0 Å². The number of benzene rings is 1. The monoisotopic (exact) mass is 317 g/mol. The fourth-order valence-corrected chi connectivity index (χ4v) is 4.32. The normalized spacial score (nSPS) is 15.3. The number of sulfonamides is 1. The Morgan fingerprint density at radius 2 is 1.85 bits per heavy atom. The predicted octanol–water partition coefficient (Wildman–Crippen LogP) is 2.50. The molecule has 1 N–H and O–H groups in total. The van der Waals surface area contributed by atoms with Gasteiger partial charge in [0, 0.05) is 18.8 Å². The van der Waals surface area contributed by atoms with Crippen LogP contribution in [0.1, 0.15) is 31.9 Å². The Hall–Kier alpha value is -0.560. The molecule has 0 heterocycles. The average Bonchev–Trinajstić information content (AvgIpc) is 2.44. The van der Waals surface area contributed by atoms with Crippen molar-refractivity contribution in [3.05, 3.63) is 29.8 Å². The van der Waals surface area contributed by atoms with Crippen LogP contribution in [0, 0.1) is 0 Å². The van der Waals surface area contributed by atoms with Crippen LogP contribution < -0.4 is 0 Å². The molecule has 0 aliphatic carbocycles. The molecule has 1 aromatic rings. The number of hydrogen-bond donors (Lipinski definition) is 1. The van der Waals surface area contributed by atoms with E-state index in [-0.39, 0.29) is 10.9 Å². The van der Waals surface area contributed by atoms with Gasteiger partial charge in [-0.15, -0.1) is 0 Å². The summed E-state index contributed by atoms with van der Waals surface area (Å²) in [5.74, 6) is 0.776. The third-order valence-corrected chi connectivity index (χ3v) is 6.03. The lowest BCUT2D eigenvalue weighted by atomic mass is 10.1. The molecule has 0 saturated carbocycles. The van der Waals surface area contributed by atoms with E-state index in [0.29, 0.717) is 5.56 Å². The molecule has 4 nitrogen and oxygen atoms in total. The van der Waals surface area contributed by atoms with Gasteiger partial charge in [0.15, 0.2) is 0 Å². The Bertz CT molecular complexity index is 512. The molecule has 0 amide bonds. The van der Waals surface area contributed by atoms with Crippen molar-refractivity contribution < 1.29 is 13.5 Å². The van der Waals surface area contributed by atoms with Gasteiger partial charge in [-0.05, 0) is 37.3 Å². The van der Waals surface area contributed by atoms with Crippen LogP contribution in [0.5, 0.6) is 0 Å². The van der Waals surface area contributed by atoms with Crippen molar-refractivity contribution in [1.29, 1.82) is 0 Å². The first kappa shape index (κ1) is 17.5. The molecule has 0 radical (unpaired) electrons. The first-order chi connectivity index (χ1) is 9.34. The summed E-state index contributed by atoms with van der Waals surface area (Å²) >= 11 is 1.64. The smallest absolute Gasteiger partial charge is 0.243 e. The van der Waals surface area contributed by atoms with Crippen molar-refractivity contribution in [2.24, 2.45) is 0 Å². The number of aliphatic hydroxyl groups is 1. The van der Waals surface area contributed by atoms with Crippen molar-refractivity contribution in [3.8, 4) is 0 Å². The topological polar surface area (TPSA) is 57.6 Å². The van der Waals surface area contributed by atoms with Crippen molar-refractivity contribution in [2.75, 3.05) is 19.1 Å². The van der Waals surface area contributed by atoms with E-state index < -0.39 is 16.1 Å². The molecule has 6 heteroatoms. The molecule has 1 aromatic carbocycles. The minimum Gasteiger partial charge on any atom is -0.389 e. The second kappa shape index (κ2) is 7.45. The van der Waals surface area contributed by atoms with Gasteiger partial charge in [-0.25, -0.2) is 8.42 Å². The van der Waals surface area contributed by atoms with E-state index in [1.807, 2.05) is 13.2 Å². The second-order valence-corrected chi connectivity index (χ2v) is 7.69. The van der Waals surface area contributed by atoms with E-state index in [0.717, 1.165) is 12.2 Å². The van der Waals surface area contributed by atoms with E-state index in [1.165, 1.54) is 4.31 Å². The zero-order valence-electron chi connectivity index (χ0n) is 12.4. The van der Waals surface area contributed by atoms with E-state index in [1.54, 1.807) is 50.0 Å². The highest BCUT2D eigenvalue weighted by Crippen LogP contribution is 2.21. The largest absolute Gasteiger partial charge is 0.389 e. The number of aliphatic hydroxyl groups excluding tert-OH is 1. The maximum absolute atomic E-state index is 12.5. The van der Waals surface area contributed by atoms with Gasteiger partial charge in [0.25, 0.3) is 0 Å². The Balaban J connectivity index is 3.03. The number of hydrogen-bond acceptors (Lipinski definition) is 4. The van der Waals surface area contributed by atoms with Gasteiger partial charge in [-0.1, -0.05) is 19.1 Å². The zero-order valence-corrected chi connectivity index (χ0v) is 14.0. The highest BCUT2D eigenvalue weighted by atomic mass is 32.2. The summed E-state index contributed by atoms with van der Waals surface area (Å²) in [6.07, 6.45) is 2.16. The molecule has 0 saturated heterocycles. The maximum Gasteiger partial charge on any atom is 0.243 e. The lowest BCUT2D eigenvalue weighted by Crippen LogP contribution is -2.38. The van der Waals surface area contributed by atoms with Crippen LogP contribution in [0.15, 0.2) is 29.2 Å². The van der Waals surface area contributed by atoms with E-state index in [4.69, 9.17) is 0 Å². The molecule has 0 aromatic heterocycles. The number of rotatable bonds is 7. The molecule has 0 aliphatic rings. The van der Waals surface area contributed by atoms with Crippen LogP contribution in [0.25, 0.3) is 0 Å². The first-order valence-electron chi connectivity index (χ1n) is 6.59. The SMILES string of the molecule is CCC(CSC)N(C)S(=O)(=O)c1ccc(C(C)O)cc1. The summed E-state index contributed by atoms with van der Waals surface area (Å²) in [7, 11) is -1.85. The lowest BCUT2D eigenvalue weighted by molar-refractivity contribution is 0.199. The Kier molecular flexibility index (Phi) is 6.51. The zero-order chi connectivity index (χ0) is 15.3. The summed E-state index contributed by atoms with van der Waals surface area (Å²) in [6, 6.07) is 6.41. The van der Waals surface area contributed by atoms with Crippen LogP contribution in [0.4, 0.5) is 0 Å². The Morgan fingerprint density at radius 1 is 1.30 bits per heavy atom. The molecule has 0 aliphatic heterocycles. The highest BCUT2D eigenvalue weighted by Gasteiger charge is 2.26. The van der Waals surface area contributed by atoms with Crippen molar-refractivity contribution in [2.45, 2.75) is 37.3 Å². The summed E-state index contributed by atoms with van der Waals surface area (Å²) in [5, 5.41) is 9.46.